The Kier molecular flexibility index (Phi) is 5.09. The molecule has 8 heteroatoms. The monoisotopic (exact) mass is 444 g/mol. The third-order valence-corrected chi connectivity index (χ3v) is 6.12. The fourth-order valence-electron chi connectivity index (χ4n) is 4.45. The second kappa shape index (κ2) is 7.97. The number of carbonyl (C=O) groups excluding carboxylic acids is 1. The molecule has 1 unspecified atom stereocenters. The molecule has 1 aliphatic rings. The maximum absolute atomic E-state index is 14.4. The van der Waals surface area contributed by atoms with Gasteiger partial charge in [-0.3, -0.25) is 9.78 Å². The third kappa shape index (κ3) is 3.82. The number of amides is 1. The van der Waals surface area contributed by atoms with Gasteiger partial charge in [-0.25, -0.2) is 9.37 Å². The number of nitrogens with zero attached hydrogens (tertiary/aromatic N) is 3. The van der Waals surface area contributed by atoms with Crippen molar-refractivity contribution < 1.29 is 9.18 Å². The number of nitrogens with one attached hydrogen (secondary N) is 2. The molecule has 1 fully saturated rings. The summed E-state index contributed by atoms with van der Waals surface area (Å²) in [5.74, 6) is -0.00634. The summed E-state index contributed by atoms with van der Waals surface area (Å²) in [6.07, 6.45) is 4.36. The molecule has 2 aromatic carbocycles. The molecule has 0 saturated carbocycles. The molecular weight excluding hydrogens is 419 g/mol. The number of H-pyrrole nitrogens is 1. The number of aromatic nitrogens is 3. The molecule has 168 valence electrons. The number of pyridine rings is 1. The molecule has 1 aliphatic heterocycles. The number of imidazole rings is 1. The number of aromatic amines is 1. The van der Waals surface area contributed by atoms with Crippen LogP contribution in [0.15, 0.2) is 54.9 Å². The van der Waals surface area contributed by atoms with Gasteiger partial charge >= 0.3 is 0 Å². The van der Waals surface area contributed by atoms with Gasteiger partial charge in [0.1, 0.15) is 11.3 Å². The van der Waals surface area contributed by atoms with Crippen molar-refractivity contribution in [2.24, 2.45) is 5.73 Å². The summed E-state index contributed by atoms with van der Waals surface area (Å²) in [5.41, 5.74) is 11.0. The maximum Gasteiger partial charge on any atom is 0.251 e. The largest absolute Gasteiger partial charge is 0.368 e. The number of fused-ring (bicyclic) bond motifs is 1. The van der Waals surface area contributed by atoms with Crippen LogP contribution in [0.1, 0.15) is 23.7 Å². The number of carbonyl (C=O) groups is 1. The summed E-state index contributed by atoms with van der Waals surface area (Å²) in [5, 5.41) is 2.67. The van der Waals surface area contributed by atoms with E-state index in [1.54, 1.807) is 37.6 Å². The van der Waals surface area contributed by atoms with Crippen LogP contribution in [0, 0.1) is 5.82 Å². The van der Waals surface area contributed by atoms with E-state index in [9.17, 15) is 9.18 Å². The molecule has 0 aliphatic carbocycles. The molecule has 5 rings (SSSR count). The molecule has 0 spiro atoms. The summed E-state index contributed by atoms with van der Waals surface area (Å²) in [7, 11) is 1.61. The molecule has 4 N–H and O–H groups in total. The molecule has 7 nitrogen and oxygen atoms in total. The van der Waals surface area contributed by atoms with E-state index in [0.717, 1.165) is 35.3 Å². The standard InChI is InChI=1S/C25H25FN6O/c1-25(27)9-10-32(14-25)22-17(15-5-3-6-16(11-15)24(33)28-2)12-29-13-18(22)23-30-20-8-4-7-19(26)21(20)31-23/h3-8,11-13H,9-10,14,27H2,1-2H3,(H,28,33)(H,30,31). The highest BCUT2D eigenvalue weighted by Gasteiger charge is 2.33. The molecule has 2 aromatic heterocycles. The maximum atomic E-state index is 14.4. The lowest BCUT2D eigenvalue weighted by Crippen LogP contribution is -2.39. The first-order valence-electron chi connectivity index (χ1n) is 10.9. The molecule has 3 heterocycles. The zero-order valence-corrected chi connectivity index (χ0v) is 18.5. The molecule has 1 saturated heterocycles. The highest BCUT2D eigenvalue weighted by atomic mass is 19.1. The van der Waals surface area contributed by atoms with Crippen LogP contribution in [0.2, 0.25) is 0 Å². The lowest BCUT2D eigenvalue weighted by atomic mass is 9.99. The summed E-state index contributed by atoms with van der Waals surface area (Å²) in [6.45, 7) is 3.46. The van der Waals surface area contributed by atoms with Crippen molar-refractivity contribution in [3.05, 3.63) is 66.2 Å². The number of nitrogens with two attached hydrogens (primary N) is 1. The van der Waals surface area contributed by atoms with E-state index in [1.165, 1.54) is 6.07 Å². The first-order chi connectivity index (χ1) is 15.9. The SMILES string of the molecule is CNC(=O)c1cccc(-c2cncc(-c3nc4c(F)cccc4[nH]3)c2N2CCC(C)(N)C2)c1. The molecule has 33 heavy (non-hydrogen) atoms. The number of rotatable bonds is 4. The van der Waals surface area contributed by atoms with Gasteiger partial charge in [-0.2, -0.15) is 0 Å². The van der Waals surface area contributed by atoms with Crippen molar-refractivity contribution in [2.75, 3.05) is 25.0 Å². The van der Waals surface area contributed by atoms with E-state index in [-0.39, 0.29) is 22.8 Å². The topological polar surface area (TPSA) is 99.9 Å². The Morgan fingerprint density at radius 2 is 2.00 bits per heavy atom. The molecule has 0 radical (unpaired) electrons. The predicted octanol–water partition coefficient (Wildman–Crippen LogP) is 3.72. The van der Waals surface area contributed by atoms with E-state index in [1.807, 2.05) is 25.1 Å². The average Bonchev–Trinajstić information content (AvgIpc) is 3.42. The van der Waals surface area contributed by atoms with Gasteiger partial charge in [-0.1, -0.05) is 18.2 Å². The third-order valence-electron chi connectivity index (χ3n) is 6.12. The van der Waals surface area contributed by atoms with Crippen molar-refractivity contribution in [1.82, 2.24) is 20.3 Å². The van der Waals surface area contributed by atoms with E-state index in [4.69, 9.17) is 5.73 Å². The number of anilines is 1. The summed E-state index contributed by atoms with van der Waals surface area (Å²) < 4.78 is 14.4. The highest BCUT2D eigenvalue weighted by molar-refractivity contribution is 5.97. The minimum Gasteiger partial charge on any atom is -0.368 e. The van der Waals surface area contributed by atoms with Crippen LogP contribution < -0.4 is 16.0 Å². The molecule has 1 atom stereocenters. The van der Waals surface area contributed by atoms with Crippen LogP contribution in [0.3, 0.4) is 0 Å². The molecular formula is C25H25FN6O. The van der Waals surface area contributed by atoms with Crippen LogP contribution in [0.25, 0.3) is 33.5 Å². The summed E-state index contributed by atoms with van der Waals surface area (Å²) >= 11 is 0. The number of halogens is 1. The van der Waals surface area contributed by atoms with Crippen LogP contribution in [-0.2, 0) is 0 Å². The van der Waals surface area contributed by atoms with Gasteiger partial charge in [0.05, 0.1) is 16.8 Å². The zero-order valence-electron chi connectivity index (χ0n) is 18.5. The van der Waals surface area contributed by atoms with E-state index in [0.29, 0.717) is 23.4 Å². The first-order valence-corrected chi connectivity index (χ1v) is 10.9. The van der Waals surface area contributed by atoms with Gasteiger partial charge < -0.3 is 20.9 Å². The molecule has 1 amide bonds. The van der Waals surface area contributed by atoms with Crippen molar-refractivity contribution in [1.29, 1.82) is 0 Å². The predicted molar refractivity (Wildman–Crippen MR) is 128 cm³/mol. The van der Waals surface area contributed by atoms with Crippen molar-refractivity contribution >= 4 is 22.6 Å². The zero-order chi connectivity index (χ0) is 23.2. The quantitative estimate of drug-likeness (QED) is 0.446. The lowest BCUT2D eigenvalue weighted by molar-refractivity contribution is 0.0963. The van der Waals surface area contributed by atoms with Crippen molar-refractivity contribution in [3.8, 4) is 22.5 Å². The Hall–Kier alpha value is -3.78. The van der Waals surface area contributed by atoms with Gasteiger partial charge in [0, 0.05) is 49.2 Å². The van der Waals surface area contributed by atoms with Gasteiger partial charge in [-0.15, -0.1) is 0 Å². The van der Waals surface area contributed by atoms with Crippen LogP contribution in [-0.4, -0.2) is 46.5 Å². The van der Waals surface area contributed by atoms with Crippen LogP contribution >= 0.6 is 0 Å². The molecule has 0 bridgehead atoms. The minimum atomic E-state index is -0.380. The Morgan fingerprint density at radius 1 is 1.21 bits per heavy atom. The fraction of sp³-hybridized carbons (Fsp3) is 0.240. The number of hydrogen-bond acceptors (Lipinski definition) is 5. The normalized spacial score (nSPS) is 18.1. The van der Waals surface area contributed by atoms with Crippen LogP contribution in [0.5, 0.6) is 0 Å². The highest BCUT2D eigenvalue weighted by Crippen LogP contribution is 2.41. The Morgan fingerprint density at radius 3 is 2.73 bits per heavy atom. The molecule has 4 aromatic rings. The van der Waals surface area contributed by atoms with Crippen molar-refractivity contribution in [3.63, 3.8) is 0 Å². The second-order valence-electron chi connectivity index (χ2n) is 8.79. The summed E-state index contributed by atoms with van der Waals surface area (Å²) in [6, 6.07) is 12.3. The number of hydrogen-bond donors (Lipinski definition) is 3. The minimum absolute atomic E-state index is 0.161. The summed E-state index contributed by atoms with van der Waals surface area (Å²) in [4.78, 5) is 26.7. The van der Waals surface area contributed by atoms with E-state index in [2.05, 4.69) is 25.2 Å². The van der Waals surface area contributed by atoms with Gasteiger partial charge in [0.15, 0.2) is 5.82 Å². The number of para-hydroxylation sites is 1. The van der Waals surface area contributed by atoms with Gasteiger partial charge in [0.2, 0.25) is 0 Å². The first kappa shape index (κ1) is 21.1. The Labute approximate surface area is 190 Å². The van der Waals surface area contributed by atoms with Gasteiger partial charge in [0.25, 0.3) is 5.91 Å². The van der Waals surface area contributed by atoms with Gasteiger partial charge in [-0.05, 0) is 43.2 Å². The Bertz CT molecular complexity index is 1360. The van der Waals surface area contributed by atoms with E-state index >= 15 is 0 Å². The fourth-order valence-corrected chi connectivity index (χ4v) is 4.45. The van der Waals surface area contributed by atoms with E-state index < -0.39 is 0 Å². The number of benzene rings is 2. The second-order valence-corrected chi connectivity index (χ2v) is 8.79. The van der Waals surface area contributed by atoms with Crippen molar-refractivity contribution in [2.45, 2.75) is 18.9 Å². The smallest absolute Gasteiger partial charge is 0.251 e. The average molecular weight is 445 g/mol. The van der Waals surface area contributed by atoms with Crippen LogP contribution in [0.4, 0.5) is 10.1 Å². The lowest BCUT2D eigenvalue weighted by Gasteiger charge is -2.26. The Balaban J connectivity index is 1.72.